The summed E-state index contributed by atoms with van der Waals surface area (Å²) in [6.45, 7) is 5.42. The summed E-state index contributed by atoms with van der Waals surface area (Å²) in [6, 6.07) is 5.07. The predicted molar refractivity (Wildman–Crippen MR) is 66.6 cm³/mol. The summed E-state index contributed by atoms with van der Waals surface area (Å²) in [5.41, 5.74) is 0.674. The van der Waals surface area contributed by atoms with Crippen LogP contribution in [0.2, 0.25) is 0 Å². The second-order valence-corrected chi connectivity index (χ2v) is 4.22. The maximum Gasteiger partial charge on any atom is 0.128 e. The Bertz CT molecular complexity index is 344. The van der Waals surface area contributed by atoms with Crippen molar-refractivity contribution >= 4 is 15.9 Å². The van der Waals surface area contributed by atoms with Gasteiger partial charge in [0, 0.05) is 16.6 Å². The Labute approximate surface area is 104 Å². The lowest BCUT2D eigenvalue weighted by Crippen LogP contribution is -2.16. The van der Waals surface area contributed by atoms with Gasteiger partial charge in [0.15, 0.2) is 0 Å². The molecule has 1 N–H and O–H groups in total. The monoisotopic (exact) mass is 287 g/mol. The molecule has 1 aromatic rings. The molecule has 88 valence electrons. The van der Waals surface area contributed by atoms with Crippen LogP contribution in [-0.4, -0.2) is 13.2 Å². The SMILES string of the molecule is C=COCCCNCc1ccc(Br)cc1F. The van der Waals surface area contributed by atoms with Crippen LogP contribution in [0.1, 0.15) is 12.0 Å². The van der Waals surface area contributed by atoms with Crippen molar-refractivity contribution in [1.82, 2.24) is 5.32 Å². The number of ether oxygens (including phenoxy) is 1. The van der Waals surface area contributed by atoms with Gasteiger partial charge in [0.25, 0.3) is 0 Å². The Balaban J connectivity index is 2.24. The standard InChI is InChI=1S/C12H15BrFNO/c1-2-16-7-3-6-15-9-10-4-5-11(13)8-12(10)14/h2,4-5,8,15H,1,3,6-7,9H2. The van der Waals surface area contributed by atoms with Crippen molar-refractivity contribution in [3.63, 3.8) is 0 Å². The molecular formula is C12H15BrFNO. The van der Waals surface area contributed by atoms with Crippen LogP contribution >= 0.6 is 15.9 Å². The second kappa shape index (κ2) is 7.41. The zero-order valence-corrected chi connectivity index (χ0v) is 10.6. The minimum Gasteiger partial charge on any atom is -0.502 e. The highest BCUT2D eigenvalue weighted by Crippen LogP contribution is 2.14. The fraction of sp³-hybridized carbons (Fsp3) is 0.333. The number of rotatable bonds is 7. The Kier molecular flexibility index (Phi) is 6.11. The van der Waals surface area contributed by atoms with Gasteiger partial charge in [-0.2, -0.15) is 0 Å². The highest BCUT2D eigenvalue weighted by atomic mass is 79.9. The van der Waals surface area contributed by atoms with Crippen LogP contribution in [-0.2, 0) is 11.3 Å². The van der Waals surface area contributed by atoms with Gasteiger partial charge in [0.1, 0.15) is 5.82 Å². The lowest BCUT2D eigenvalue weighted by molar-refractivity contribution is 0.244. The van der Waals surface area contributed by atoms with E-state index in [1.807, 2.05) is 6.07 Å². The largest absolute Gasteiger partial charge is 0.502 e. The van der Waals surface area contributed by atoms with Crippen LogP contribution in [0.15, 0.2) is 35.5 Å². The van der Waals surface area contributed by atoms with Crippen LogP contribution in [0.3, 0.4) is 0 Å². The average Bonchev–Trinajstić information content (AvgIpc) is 2.26. The molecule has 0 aliphatic carbocycles. The van der Waals surface area contributed by atoms with E-state index in [9.17, 15) is 4.39 Å². The van der Waals surface area contributed by atoms with Crippen molar-refractivity contribution in [1.29, 1.82) is 0 Å². The molecule has 0 radical (unpaired) electrons. The van der Waals surface area contributed by atoms with Gasteiger partial charge in [0.05, 0.1) is 12.9 Å². The second-order valence-electron chi connectivity index (χ2n) is 3.30. The number of nitrogens with one attached hydrogen (secondary N) is 1. The first-order chi connectivity index (χ1) is 7.74. The van der Waals surface area contributed by atoms with Gasteiger partial charge < -0.3 is 10.1 Å². The van der Waals surface area contributed by atoms with Gasteiger partial charge in [-0.25, -0.2) is 4.39 Å². The molecule has 1 aromatic carbocycles. The molecule has 4 heteroatoms. The quantitative estimate of drug-likeness (QED) is 0.614. The molecule has 0 bridgehead atoms. The van der Waals surface area contributed by atoms with Crippen molar-refractivity contribution in [3.05, 3.63) is 46.9 Å². The van der Waals surface area contributed by atoms with Gasteiger partial charge in [-0.05, 0) is 25.1 Å². The fourth-order valence-electron chi connectivity index (χ4n) is 1.25. The number of halogens is 2. The van der Waals surface area contributed by atoms with Crippen molar-refractivity contribution in [3.8, 4) is 0 Å². The van der Waals surface area contributed by atoms with Gasteiger partial charge in [-0.1, -0.05) is 28.6 Å². The molecule has 0 aliphatic rings. The van der Waals surface area contributed by atoms with Crippen molar-refractivity contribution in [2.75, 3.05) is 13.2 Å². The van der Waals surface area contributed by atoms with E-state index in [0.717, 1.165) is 17.4 Å². The van der Waals surface area contributed by atoms with E-state index >= 15 is 0 Å². The van der Waals surface area contributed by atoms with E-state index in [0.29, 0.717) is 18.7 Å². The minimum atomic E-state index is -0.191. The van der Waals surface area contributed by atoms with Crippen molar-refractivity contribution in [2.24, 2.45) is 0 Å². The topological polar surface area (TPSA) is 21.3 Å². The van der Waals surface area contributed by atoms with Crippen LogP contribution in [0, 0.1) is 5.82 Å². The summed E-state index contributed by atoms with van der Waals surface area (Å²) in [4.78, 5) is 0. The van der Waals surface area contributed by atoms with E-state index in [-0.39, 0.29) is 5.82 Å². The Morgan fingerprint density at radius 1 is 1.50 bits per heavy atom. The molecule has 0 fully saturated rings. The molecule has 1 rings (SSSR count). The summed E-state index contributed by atoms with van der Waals surface area (Å²) in [7, 11) is 0. The first-order valence-corrected chi connectivity index (χ1v) is 5.90. The number of hydrogen-bond donors (Lipinski definition) is 1. The molecule has 0 aromatic heterocycles. The molecule has 0 atom stereocenters. The molecule has 0 saturated carbocycles. The van der Waals surface area contributed by atoms with Crippen LogP contribution in [0.5, 0.6) is 0 Å². The molecule has 0 spiro atoms. The first-order valence-electron chi connectivity index (χ1n) is 5.11. The maximum absolute atomic E-state index is 13.4. The minimum absolute atomic E-state index is 0.191. The van der Waals surface area contributed by atoms with Gasteiger partial charge >= 0.3 is 0 Å². The normalized spacial score (nSPS) is 10.1. The zero-order valence-electron chi connectivity index (χ0n) is 9.01. The van der Waals surface area contributed by atoms with E-state index in [2.05, 4.69) is 27.8 Å². The molecule has 0 unspecified atom stereocenters. The summed E-state index contributed by atoms with van der Waals surface area (Å²) >= 11 is 3.22. The van der Waals surface area contributed by atoms with Crippen LogP contribution in [0.25, 0.3) is 0 Å². The third-order valence-electron chi connectivity index (χ3n) is 2.06. The van der Waals surface area contributed by atoms with E-state index in [4.69, 9.17) is 4.74 Å². The van der Waals surface area contributed by atoms with Gasteiger partial charge in [-0.3, -0.25) is 0 Å². The van der Waals surface area contributed by atoms with E-state index in [1.54, 1.807) is 6.07 Å². The molecule has 16 heavy (non-hydrogen) atoms. The number of benzene rings is 1. The van der Waals surface area contributed by atoms with Crippen LogP contribution < -0.4 is 5.32 Å². The van der Waals surface area contributed by atoms with Crippen molar-refractivity contribution < 1.29 is 9.13 Å². The highest BCUT2D eigenvalue weighted by molar-refractivity contribution is 9.10. The fourth-order valence-corrected chi connectivity index (χ4v) is 1.59. The third-order valence-corrected chi connectivity index (χ3v) is 2.56. The smallest absolute Gasteiger partial charge is 0.128 e. The van der Waals surface area contributed by atoms with E-state index in [1.165, 1.54) is 12.3 Å². The lowest BCUT2D eigenvalue weighted by atomic mass is 10.2. The lowest BCUT2D eigenvalue weighted by Gasteiger charge is -2.06. The molecule has 0 heterocycles. The maximum atomic E-state index is 13.4. The van der Waals surface area contributed by atoms with Crippen molar-refractivity contribution in [2.45, 2.75) is 13.0 Å². The Morgan fingerprint density at radius 3 is 3.00 bits per heavy atom. The van der Waals surface area contributed by atoms with Gasteiger partial charge in [0.2, 0.25) is 0 Å². The van der Waals surface area contributed by atoms with E-state index < -0.39 is 0 Å². The Hall–Kier alpha value is -0.870. The average molecular weight is 288 g/mol. The molecule has 0 amide bonds. The predicted octanol–water partition coefficient (Wildman–Crippen LogP) is 3.23. The van der Waals surface area contributed by atoms with Crippen LogP contribution in [0.4, 0.5) is 4.39 Å². The summed E-state index contributed by atoms with van der Waals surface area (Å²) < 4.78 is 19.1. The molecule has 0 saturated heterocycles. The summed E-state index contributed by atoms with van der Waals surface area (Å²) in [5, 5.41) is 3.15. The number of hydrogen-bond acceptors (Lipinski definition) is 2. The highest BCUT2D eigenvalue weighted by Gasteiger charge is 2.01. The summed E-state index contributed by atoms with van der Waals surface area (Å²) in [5.74, 6) is -0.191. The zero-order chi connectivity index (χ0) is 11.8. The molecule has 2 nitrogen and oxygen atoms in total. The third kappa shape index (κ3) is 4.77. The molecule has 0 aliphatic heterocycles. The first kappa shape index (κ1) is 13.2. The Morgan fingerprint density at radius 2 is 2.31 bits per heavy atom. The summed E-state index contributed by atoms with van der Waals surface area (Å²) in [6.07, 6.45) is 2.30. The van der Waals surface area contributed by atoms with Gasteiger partial charge in [-0.15, -0.1) is 0 Å². The molecular weight excluding hydrogens is 273 g/mol.